The molecule has 28 heavy (non-hydrogen) atoms. The summed E-state index contributed by atoms with van der Waals surface area (Å²) < 4.78 is 69.5. The zero-order chi connectivity index (χ0) is 20.3. The maximum Gasteiger partial charge on any atom is 0.435 e. The predicted octanol–water partition coefficient (Wildman–Crippen LogP) is 3.86. The van der Waals surface area contributed by atoms with Gasteiger partial charge in [0.25, 0.3) is 0 Å². The number of rotatable bonds is 5. The van der Waals surface area contributed by atoms with Gasteiger partial charge in [0.2, 0.25) is 0 Å². The van der Waals surface area contributed by atoms with Crippen LogP contribution in [0.2, 0.25) is 0 Å². The molecule has 1 aromatic heterocycles. The molecule has 2 aromatic rings. The number of nitrogens with zero attached hydrogens (tertiary/aromatic N) is 3. The highest BCUT2D eigenvalue weighted by Crippen LogP contribution is 2.32. The maximum atomic E-state index is 13.3. The van der Waals surface area contributed by atoms with Gasteiger partial charge in [-0.05, 0) is 30.5 Å². The van der Waals surface area contributed by atoms with Crippen LogP contribution in [0, 0.1) is 11.6 Å². The van der Waals surface area contributed by atoms with Crippen LogP contribution in [0.1, 0.15) is 24.1 Å². The van der Waals surface area contributed by atoms with E-state index in [1.165, 1.54) is 13.2 Å². The van der Waals surface area contributed by atoms with Crippen LogP contribution in [-0.2, 0) is 12.7 Å². The third-order valence-corrected chi connectivity index (χ3v) is 4.59. The quantitative estimate of drug-likeness (QED) is 0.770. The molecular formula is C18H19F5N4O. The number of likely N-dealkylation sites (tertiary alicyclic amines) is 1. The molecule has 2 heterocycles. The molecule has 0 amide bonds. The van der Waals surface area contributed by atoms with E-state index in [-0.39, 0.29) is 17.6 Å². The van der Waals surface area contributed by atoms with E-state index in [0.29, 0.717) is 38.0 Å². The number of alkyl halides is 3. The first-order chi connectivity index (χ1) is 13.3. The number of piperidine rings is 1. The first-order valence-electron chi connectivity index (χ1n) is 8.68. The molecule has 0 bridgehead atoms. The van der Waals surface area contributed by atoms with Crippen LogP contribution in [0.3, 0.4) is 0 Å². The molecule has 1 aromatic carbocycles. The zero-order valence-electron chi connectivity index (χ0n) is 15.1. The fraction of sp³-hybridized carbons (Fsp3) is 0.444. The number of nitrogens with one attached hydrogen (secondary N) is 1. The first-order valence-corrected chi connectivity index (χ1v) is 8.68. The molecule has 1 saturated heterocycles. The van der Waals surface area contributed by atoms with E-state index in [1.54, 1.807) is 6.07 Å². The van der Waals surface area contributed by atoms with Crippen molar-refractivity contribution in [3.8, 4) is 5.75 Å². The molecule has 1 fully saturated rings. The molecule has 0 unspecified atom stereocenters. The molecule has 1 aliphatic rings. The summed E-state index contributed by atoms with van der Waals surface area (Å²) in [5.41, 5.74) is -0.433. The van der Waals surface area contributed by atoms with E-state index in [0.717, 1.165) is 12.1 Å². The summed E-state index contributed by atoms with van der Waals surface area (Å²) in [7, 11) is 1.27. The number of hydrogen-bond acceptors (Lipinski definition) is 5. The molecular weight excluding hydrogens is 383 g/mol. The molecule has 152 valence electrons. The van der Waals surface area contributed by atoms with E-state index in [1.807, 2.05) is 0 Å². The van der Waals surface area contributed by atoms with Gasteiger partial charge in [0.15, 0.2) is 28.9 Å². The third-order valence-electron chi connectivity index (χ3n) is 4.59. The molecule has 1 N–H and O–H groups in total. The Hall–Kier alpha value is -2.49. The fourth-order valence-electron chi connectivity index (χ4n) is 3.09. The smallest absolute Gasteiger partial charge is 0.435 e. The van der Waals surface area contributed by atoms with Crippen LogP contribution in [-0.4, -0.2) is 41.3 Å². The molecule has 0 atom stereocenters. The second-order valence-electron chi connectivity index (χ2n) is 6.59. The van der Waals surface area contributed by atoms with Crippen molar-refractivity contribution in [3.05, 3.63) is 47.2 Å². The van der Waals surface area contributed by atoms with Crippen LogP contribution < -0.4 is 10.1 Å². The van der Waals surface area contributed by atoms with Crippen LogP contribution in [0.25, 0.3) is 0 Å². The number of ether oxygens (including phenoxy) is 1. The van der Waals surface area contributed by atoms with Crippen LogP contribution in [0.4, 0.5) is 27.8 Å². The average Bonchev–Trinajstić information content (AvgIpc) is 2.66. The highest BCUT2D eigenvalue weighted by atomic mass is 19.4. The monoisotopic (exact) mass is 402 g/mol. The Bertz CT molecular complexity index is 822. The maximum absolute atomic E-state index is 13.3. The van der Waals surface area contributed by atoms with Gasteiger partial charge in [0.05, 0.1) is 7.11 Å². The van der Waals surface area contributed by atoms with Crippen molar-refractivity contribution in [1.82, 2.24) is 15.1 Å². The van der Waals surface area contributed by atoms with Gasteiger partial charge in [-0.3, -0.25) is 4.90 Å². The summed E-state index contributed by atoms with van der Waals surface area (Å²) in [6, 6.07) is 4.64. The Labute approximate surface area is 158 Å². The first kappa shape index (κ1) is 20.2. The standard InChI is InChI=1S/C18H19F5N4O/c1-28-15-9-16(18(21,22)23)25-26-17(15)24-12-4-6-27(7-5-12)10-11-2-3-13(19)14(20)8-11/h2-3,8-9,12H,4-7,10H2,1H3,(H,24,26). The largest absolute Gasteiger partial charge is 0.493 e. The number of methoxy groups -OCH3 is 1. The van der Waals surface area contributed by atoms with Crippen molar-refractivity contribution in [2.75, 3.05) is 25.5 Å². The zero-order valence-corrected chi connectivity index (χ0v) is 15.1. The number of halogens is 5. The average molecular weight is 402 g/mol. The summed E-state index contributed by atoms with van der Waals surface area (Å²) >= 11 is 0. The van der Waals surface area contributed by atoms with Crippen molar-refractivity contribution in [2.45, 2.75) is 31.6 Å². The minimum absolute atomic E-state index is 0.0128. The van der Waals surface area contributed by atoms with Gasteiger partial charge in [-0.15, -0.1) is 10.2 Å². The third kappa shape index (κ3) is 4.86. The molecule has 0 spiro atoms. The van der Waals surface area contributed by atoms with Gasteiger partial charge < -0.3 is 10.1 Å². The molecule has 5 nitrogen and oxygen atoms in total. The van der Waals surface area contributed by atoms with Gasteiger partial charge in [0, 0.05) is 31.7 Å². The van der Waals surface area contributed by atoms with E-state index in [2.05, 4.69) is 20.4 Å². The molecule has 10 heteroatoms. The van der Waals surface area contributed by atoms with Crippen molar-refractivity contribution >= 4 is 5.82 Å². The minimum Gasteiger partial charge on any atom is -0.493 e. The van der Waals surface area contributed by atoms with Gasteiger partial charge in [-0.1, -0.05) is 6.07 Å². The Morgan fingerprint density at radius 3 is 2.43 bits per heavy atom. The summed E-state index contributed by atoms with van der Waals surface area (Å²) in [6.45, 7) is 1.87. The number of hydrogen-bond donors (Lipinski definition) is 1. The van der Waals surface area contributed by atoms with Crippen molar-refractivity contribution in [3.63, 3.8) is 0 Å². The summed E-state index contributed by atoms with van der Waals surface area (Å²) in [5.74, 6) is -1.61. The second kappa shape index (κ2) is 8.26. The number of anilines is 1. The van der Waals surface area contributed by atoms with Gasteiger partial charge in [-0.2, -0.15) is 13.2 Å². The number of aromatic nitrogens is 2. The van der Waals surface area contributed by atoms with Crippen molar-refractivity contribution in [1.29, 1.82) is 0 Å². The topological polar surface area (TPSA) is 50.3 Å². The van der Waals surface area contributed by atoms with Crippen molar-refractivity contribution < 1.29 is 26.7 Å². The highest BCUT2D eigenvalue weighted by molar-refractivity contribution is 5.50. The Morgan fingerprint density at radius 2 is 1.82 bits per heavy atom. The SMILES string of the molecule is COc1cc(C(F)(F)F)nnc1NC1CCN(Cc2ccc(F)c(F)c2)CC1. The lowest BCUT2D eigenvalue weighted by Gasteiger charge is -2.32. The van der Waals surface area contributed by atoms with Gasteiger partial charge in [0.1, 0.15) is 0 Å². The second-order valence-corrected chi connectivity index (χ2v) is 6.59. The van der Waals surface area contributed by atoms with Crippen LogP contribution >= 0.6 is 0 Å². The van der Waals surface area contributed by atoms with Crippen LogP contribution in [0.15, 0.2) is 24.3 Å². The lowest BCUT2D eigenvalue weighted by atomic mass is 10.0. The summed E-state index contributed by atoms with van der Waals surface area (Å²) in [5, 5.41) is 9.91. The molecule has 0 saturated carbocycles. The van der Waals surface area contributed by atoms with E-state index < -0.39 is 23.5 Å². The van der Waals surface area contributed by atoms with E-state index in [4.69, 9.17) is 4.74 Å². The van der Waals surface area contributed by atoms with Gasteiger partial charge >= 0.3 is 6.18 Å². The summed E-state index contributed by atoms with van der Waals surface area (Å²) in [4.78, 5) is 2.10. The summed E-state index contributed by atoms with van der Waals surface area (Å²) in [6.07, 6.45) is -3.19. The Morgan fingerprint density at radius 1 is 1.11 bits per heavy atom. The van der Waals surface area contributed by atoms with Crippen LogP contribution in [0.5, 0.6) is 5.75 Å². The predicted molar refractivity (Wildman–Crippen MR) is 91.9 cm³/mol. The highest BCUT2D eigenvalue weighted by Gasteiger charge is 2.34. The fourth-order valence-corrected chi connectivity index (χ4v) is 3.09. The molecule has 0 aliphatic carbocycles. The molecule has 3 rings (SSSR count). The Balaban J connectivity index is 1.57. The van der Waals surface area contributed by atoms with E-state index >= 15 is 0 Å². The lowest BCUT2D eigenvalue weighted by Crippen LogP contribution is -2.39. The Kier molecular flexibility index (Phi) is 5.97. The normalized spacial score (nSPS) is 16.2. The molecule has 0 radical (unpaired) electrons. The minimum atomic E-state index is -4.59. The lowest BCUT2D eigenvalue weighted by molar-refractivity contribution is -0.141. The molecule has 1 aliphatic heterocycles. The van der Waals surface area contributed by atoms with Crippen molar-refractivity contribution in [2.24, 2.45) is 0 Å². The number of benzene rings is 1. The van der Waals surface area contributed by atoms with Gasteiger partial charge in [-0.25, -0.2) is 8.78 Å². The van der Waals surface area contributed by atoms with E-state index in [9.17, 15) is 22.0 Å².